The minimum Gasteiger partial charge on any atom is -0.457 e. The molecule has 0 amide bonds. The zero-order chi connectivity index (χ0) is 14.1. The Morgan fingerprint density at radius 2 is 2.15 bits per heavy atom. The van der Waals surface area contributed by atoms with Crippen LogP contribution >= 0.6 is 11.6 Å². The largest absolute Gasteiger partial charge is 0.457 e. The van der Waals surface area contributed by atoms with E-state index in [4.69, 9.17) is 21.8 Å². The normalized spacial score (nSPS) is 12.8. The van der Waals surface area contributed by atoms with Crippen molar-refractivity contribution in [3.8, 4) is 0 Å². The summed E-state index contributed by atoms with van der Waals surface area (Å²) in [6.07, 6.45) is 2.64. The van der Waals surface area contributed by atoms with Gasteiger partial charge in [-0.25, -0.2) is 0 Å². The van der Waals surface area contributed by atoms with Crippen LogP contribution in [0.2, 0.25) is 5.02 Å². The van der Waals surface area contributed by atoms with Gasteiger partial charge in [0.1, 0.15) is 11.8 Å². The number of para-hydroxylation sites is 1. The Labute approximate surface area is 122 Å². The molecule has 0 saturated heterocycles. The molecule has 0 aliphatic carbocycles. The number of fused-ring (bicyclic) bond motifs is 1. The number of pyridine rings is 1. The third-order valence-corrected chi connectivity index (χ3v) is 3.72. The average molecular weight is 287 g/mol. The van der Waals surface area contributed by atoms with Crippen molar-refractivity contribution < 1.29 is 4.42 Å². The summed E-state index contributed by atoms with van der Waals surface area (Å²) in [5, 5.41) is 1.55. The van der Waals surface area contributed by atoms with Crippen LogP contribution in [0.4, 0.5) is 0 Å². The van der Waals surface area contributed by atoms with Crippen LogP contribution in [0, 0.1) is 0 Å². The molecule has 0 aliphatic heterocycles. The number of aromatic nitrogens is 1. The maximum Gasteiger partial charge on any atom is 0.152 e. The Bertz CT molecular complexity index is 751. The van der Waals surface area contributed by atoms with E-state index >= 15 is 0 Å². The second-order valence-electron chi connectivity index (χ2n) is 4.69. The van der Waals surface area contributed by atoms with E-state index in [2.05, 4.69) is 11.9 Å². The molecule has 3 nitrogen and oxygen atoms in total. The van der Waals surface area contributed by atoms with Crippen molar-refractivity contribution in [1.29, 1.82) is 0 Å². The van der Waals surface area contributed by atoms with Crippen molar-refractivity contribution in [2.45, 2.75) is 19.4 Å². The fourth-order valence-corrected chi connectivity index (χ4v) is 2.59. The lowest BCUT2D eigenvalue weighted by Crippen LogP contribution is -2.14. The number of nitrogens with zero attached hydrogens (tertiary/aromatic N) is 1. The van der Waals surface area contributed by atoms with Gasteiger partial charge >= 0.3 is 0 Å². The molecule has 2 heterocycles. The lowest BCUT2D eigenvalue weighted by atomic mass is 10.0. The lowest BCUT2D eigenvalue weighted by molar-refractivity contribution is 0.519. The minimum absolute atomic E-state index is 0.380. The third-order valence-electron chi connectivity index (χ3n) is 3.42. The van der Waals surface area contributed by atoms with E-state index in [-0.39, 0.29) is 6.04 Å². The number of benzene rings is 1. The molecule has 2 aromatic heterocycles. The number of rotatable bonds is 3. The van der Waals surface area contributed by atoms with Gasteiger partial charge in [0, 0.05) is 11.6 Å². The molecule has 1 aromatic carbocycles. The highest BCUT2D eigenvalue weighted by Crippen LogP contribution is 2.31. The van der Waals surface area contributed by atoms with Gasteiger partial charge in [0.15, 0.2) is 5.58 Å². The van der Waals surface area contributed by atoms with Crippen LogP contribution in [0.25, 0.3) is 11.0 Å². The molecule has 0 radical (unpaired) electrons. The molecular formula is C16H15ClN2O. The molecule has 1 atom stereocenters. The van der Waals surface area contributed by atoms with Gasteiger partial charge < -0.3 is 10.2 Å². The Morgan fingerprint density at radius 1 is 1.30 bits per heavy atom. The molecule has 4 heteroatoms. The third kappa shape index (κ3) is 2.19. The fourth-order valence-electron chi connectivity index (χ4n) is 2.37. The van der Waals surface area contributed by atoms with Gasteiger partial charge in [-0.1, -0.05) is 36.7 Å². The molecule has 3 aromatic rings. The Kier molecular flexibility index (Phi) is 3.47. The van der Waals surface area contributed by atoms with E-state index in [1.807, 2.05) is 30.3 Å². The molecule has 2 N–H and O–H groups in total. The quantitative estimate of drug-likeness (QED) is 0.789. The molecule has 0 aliphatic rings. The summed E-state index contributed by atoms with van der Waals surface area (Å²) in [6.45, 7) is 2.09. The molecule has 1 unspecified atom stereocenters. The number of hydrogen-bond acceptors (Lipinski definition) is 3. The first kappa shape index (κ1) is 13.2. The number of nitrogens with two attached hydrogens (primary N) is 1. The van der Waals surface area contributed by atoms with Crippen molar-refractivity contribution in [3.05, 3.63) is 64.6 Å². The summed E-state index contributed by atoms with van der Waals surface area (Å²) in [6, 6.07) is 11.2. The van der Waals surface area contributed by atoms with Crippen molar-refractivity contribution in [3.63, 3.8) is 0 Å². The summed E-state index contributed by atoms with van der Waals surface area (Å²) in [4.78, 5) is 4.40. The first-order chi connectivity index (χ1) is 9.70. The van der Waals surface area contributed by atoms with Crippen LogP contribution in [-0.4, -0.2) is 4.98 Å². The smallest absolute Gasteiger partial charge is 0.152 e. The first-order valence-electron chi connectivity index (χ1n) is 6.58. The van der Waals surface area contributed by atoms with E-state index in [0.717, 1.165) is 23.1 Å². The number of furan rings is 1. The van der Waals surface area contributed by atoms with Crippen molar-refractivity contribution in [2.24, 2.45) is 5.73 Å². The SMILES string of the molecule is CCc1cccnc1C(N)c1cc2cccc(Cl)c2o1. The lowest BCUT2D eigenvalue weighted by Gasteiger charge is -2.11. The van der Waals surface area contributed by atoms with E-state index in [1.165, 1.54) is 0 Å². The minimum atomic E-state index is -0.380. The van der Waals surface area contributed by atoms with E-state index in [0.29, 0.717) is 16.4 Å². The summed E-state index contributed by atoms with van der Waals surface area (Å²) < 4.78 is 5.82. The second kappa shape index (κ2) is 5.27. The highest BCUT2D eigenvalue weighted by Gasteiger charge is 2.18. The Balaban J connectivity index is 2.08. The van der Waals surface area contributed by atoms with E-state index < -0.39 is 0 Å². The van der Waals surface area contributed by atoms with Crippen molar-refractivity contribution in [2.75, 3.05) is 0 Å². The standard InChI is InChI=1S/C16H15ClN2O/c1-2-10-6-4-8-19-15(10)14(18)13-9-11-5-3-7-12(17)16(11)20-13/h3-9,14H,2,18H2,1H3. The van der Waals surface area contributed by atoms with Crippen molar-refractivity contribution >= 4 is 22.6 Å². The zero-order valence-corrected chi connectivity index (χ0v) is 11.9. The van der Waals surface area contributed by atoms with Gasteiger partial charge in [-0.3, -0.25) is 4.98 Å². The number of aryl methyl sites for hydroxylation is 1. The Hall–Kier alpha value is -1.84. The van der Waals surface area contributed by atoms with E-state index in [1.54, 1.807) is 12.3 Å². The van der Waals surface area contributed by atoms with Crippen LogP contribution in [-0.2, 0) is 6.42 Å². The van der Waals surface area contributed by atoms with Crippen LogP contribution < -0.4 is 5.73 Å². The van der Waals surface area contributed by atoms with Gasteiger partial charge in [0.05, 0.1) is 10.7 Å². The van der Waals surface area contributed by atoms with Gasteiger partial charge in [-0.05, 0) is 30.2 Å². The molecule has 0 saturated carbocycles. The molecule has 102 valence electrons. The van der Waals surface area contributed by atoms with Gasteiger partial charge in [-0.15, -0.1) is 0 Å². The summed E-state index contributed by atoms with van der Waals surface area (Å²) in [5.41, 5.74) is 8.96. The molecule has 3 rings (SSSR count). The van der Waals surface area contributed by atoms with Gasteiger partial charge in [0.2, 0.25) is 0 Å². The Morgan fingerprint density at radius 3 is 2.90 bits per heavy atom. The maximum absolute atomic E-state index is 6.31. The average Bonchev–Trinajstić information content (AvgIpc) is 2.92. The molecule has 0 spiro atoms. The molecule has 0 fully saturated rings. The highest BCUT2D eigenvalue weighted by atomic mass is 35.5. The first-order valence-corrected chi connectivity index (χ1v) is 6.96. The van der Waals surface area contributed by atoms with Gasteiger partial charge in [-0.2, -0.15) is 0 Å². The summed E-state index contributed by atoms with van der Waals surface area (Å²) >= 11 is 6.13. The fraction of sp³-hybridized carbons (Fsp3) is 0.188. The van der Waals surface area contributed by atoms with Crippen molar-refractivity contribution in [1.82, 2.24) is 4.98 Å². The van der Waals surface area contributed by atoms with Gasteiger partial charge in [0.25, 0.3) is 0 Å². The number of hydrogen-bond donors (Lipinski definition) is 1. The second-order valence-corrected chi connectivity index (χ2v) is 5.09. The topological polar surface area (TPSA) is 52.0 Å². The molecule has 0 bridgehead atoms. The van der Waals surface area contributed by atoms with E-state index in [9.17, 15) is 0 Å². The predicted octanol–water partition coefficient (Wildman–Crippen LogP) is 4.09. The predicted molar refractivity (Wildman–Crippen MR) is 80.9 cm³/mol. The summed E-state index contributed by atoms with van der Waals surface area (Å²) in [7, 11) is 0. The number of halogens is 1. The van der Waals surface area contributed by atoms with Crippen LogP contribution in [0.3, 0.4) is 0 Å². The highest BCUT2D eigenvalue weighted by molar-refractivity contribution is 6.34. The monoisotopic (exact) mass is 286 g/mol. The van der Waals surface area contributed by atoms with Crippen LogP contribution in [0.15, 0.2) is 47.0 Å². The molecular weight excluding hydrogens is 272 g/mol. The zero-order valence-electron chi connectivity index (χ0n) is 11.1. The van der Waals surface area contributed by atoms with Crippen LogP contribution in [0.5, 0.6) is 0 Å². The van der Waals surface area contributed by atoms with Crippen LogP contribution in [0.1, 0.15) is 30.0 Å². The summed E-state index contributed by atoms with van der Waals surface area (Å²) in [5.74, 6) is 0.682. The molecule has 20 heavy (non-hydrogen) atoms. The maximum atomic E-state index is 6.31.